The molecule has 1 saturated heterocycles. The minimum Gasteiger partial charge on any atom is -0.322 e. The van der Waals surface area contributed by atoms with Gasteiger partial charge in [0.15, 0.2) is 0 Å². The van der Waals surface area contributed by atoms with Crippen LogP contribution in [0.25, 0.3) is 5.69 Å². The monoisotopic (exact) mass is 419 g/mol. The van der Waals surface area contributed by atoms with E-state index in [0.717, 1.165) is 48.3 Å². The van der Waals surface area contributed by atoms with Gasteiger partial charge in [-0.2, -0.15) is 5.10 Å². The largest absolute Gasteiger partial charge is 0.322 e. The van der Waals surface area contributed by atoms with Crippen LogP contribution < -0.4 is 10.6 Å². The van der Waals surface area contributed by atoms with Crippen molar-refractivity contribution in [3.8, 4) is 5.69 Å². The number of para-hydroxylation sites is 1. The third-order valence-corrected chi connectivity index (χ3v) is 5.92. The van der Waals surface area contributed by atoms with Crippen LogP contribution in [0.15, 0.2) is 30.3 Å². The fourth-order valence-electron chi connectivity index (χ4n) is 4.02. The number of rotatable bonds is 7. The van der Waals surface area contributed by atoms with E-state index in [1.165, 1.54) is 19.3 Å². The van der Waals surface area contributed by atoms with E-state index in [0.29, 0.717) is 0 Å². The SMILES string of the molecule is CNCCC1CCN(C(C)C(=O)Nc2c(C)nn(-c3ccccc3)c2C)CC1.Cl. The molecule has 2 heterocycles. The van der Waals surface area contributed by atoms with Gasteiger partial charge in [0, 0.05) is 0 Å². The number of likely N-dealkylation sites (tertiary alicyclic amines) is 1. The van der Waals surface area contributed by atoms with Crippen LogP contribution in [0.1, 0.15) is 37.6 Å². The van der Waals surface area contributed by atoms with Crippen LogP contribution in [-0.2, 0) is 4.79 Å². The van der Waals surface area contributed by atoms with Gasteiger partial charge in [-0.3, -0.25) is 9.69 Å². The lowest BCUT2D eigenvalue weighted by atomic mass is 9.93. The zero-order valence-electron chi connectivity index (χ0n) is 17.9. The number of piperidine rings is 1. The highest BCUT2D eigenvalue weighted by Crippen LogP contribution is 2.25. The second kappa shape index (κ2) is 10.8. The molecule has 7 heteroatoms. The number of anilines is 1. The fraction of sp³-hybridized carbons (Fsp3) is 0.545. The van der Waals surface area contributed by atoms with Crippen molar-refractivity contribution in [3.63, 3.8) is 0 Å². The number of nitrogens with zero attached hydrogens (tertiary/aromatic N) is 3. The predicted octanol–water partition coefficient (Wildman–Crippen LogP) is 3.56. The number of hydrogen-bond acceptors (Lipinski definition) is 4. The van der Waals surface area contributed by atoms with Gasteiger partial charge in [0.05, 0.1) is 28.8 Å². The Labute approximate surface area is 180 Å². The van der Waals surface area contributed by atoms with Gasteiger partial charge in [0.2, 0.25) is 5.91 Å². The molecule has 0 radical (unpaired) electrons. The van der Waals surface area contributed by atoms with Gasteiger partial charge >= 0.3 is 0 Å². The molecule has 2 aromatic rings. The zero-order chi connectivity index (χ0) is 20.1. The van der Waals surface area contributed by atoms with Crippen molar-refractivity contribution in [3.05, 3.63) is 41.7 Å². The Morgan fingerprint density at radius 3 is 2.48 bits per heavy atom. The second-order valence-electron chi connectivity index (χ2n) is 7.83. The summed E-state index contributed by atoms with van der Waals surface area (Å²) in [6.07, 6.45) is 3.56. The fourth-order valence-corrected chi connectivity index (χ4v) is 4.02. The Morgan fingerprint density at radius 2 is 1.86 bits per heavy atom. The summed E-state index contributed by atoms with van der Waals surface area (Å²) in [5.41, 5.74) is 3.62. The maximum absolute atomic E-state index is 12.9. The van der Waals surface area contributed by atoms with Crippen LogP contribution in [0.3, 0.4) is 0 Å². The number of hydrogen-bond donors (Lipinski definition) is 2. The maximum Gasteiger partial charge on any atom is 0.241 e. The minimum absolute atomic E-state index is 0. The highest BCUT2D eigenvalue weighted by Gasteiger charge is 2.27. The van der Waals surface area contributed by atoms with E-state index in [-0.39, 0.29) is 24.4 Å². The third kappa shape index (κ3) is 5.59. The molecule has 160 valence electrons. The van der Waals surface area contributed by atoms with Crippen LogP contribution in [0.2, 0.25) is 0 Å². The molecule has 1 amide bonds. The third-order valence-electron chi connectivity index (χ3n) is 5.92. The van der Waals surface area contributed by atoms with E-state index in [9.17, 15) is 4.79 Å². The van der Waals surface area contributed by atoms with Gasteiger partial charge in [-0.05, 0) is 84.8 Å². The van der Waals surface area contributed by atoms with E-state index in [1.54, 1.807) is 0 Å². The van der Waals surface area contributed by atoms with Gasteiger partial charge in [-0.15, -0.1) is 12.4 Å². The molecule has 6 nitrogen and oxygen atoms in total. The second-order valence-corrected chi connectivity index (χ2v) is 7.83. The molecule has 0 bridgehead atoms. The lowest BCUT2D eigenvalue weighted by Gasteiger charge is -2.35. The lowest BCUT2D eigenvalue weighted by Crippen LogP contribution is -2.46. The number of benzene rings is 1. The zero-order valence-corrected chi connectivity index (χ0v) is 18.8. The molecule has 1 aliphatic rings. The van der Waals surface area contributed by atoms with Gasteiger partial charge in [0.25, 0.3) is 0 Å². The summed E-state index contributed by atoms with van der Waals surface area (Å²) in [5, 5.41) is 11.0. The van der Waals surface area contributed by atoms with E-state index in [1.807, 2.05) is 62.8 Å². The summed E-state index contributed by atoms with van der Waals surface area (Å²) in [4.78, 5) is 15.2. The minimum atomic E-state index is -0.135. The van der Waals surface area contributed by atoms with Gasteiger partial charge in [-0.25, -0.2) is 4.68 Å². The molecule has 1 atom stereocenters. The quantitative estimate of drug-likeness (QED) is 0.720. The lowest BCUT2D eigenvalue weighted by molar-refractivity contribution is -0.121. The van der Waals surface area contributed by atoms with Crippen molar-refractivity contribution in [2.45, 2.75) is 46.1 Å². The first kappa shape index (κ1) is 23.4. The molecule has 1 aromatic heterocycles. The molecule has 0 saturated carbocycles. The molecule has 1 aliphatic heterocycles. The van der Waals surface area contributed by atoms with Crippen LogP contribution in [0.4, 0.5) is 5.69 Å². The van der Waals surface area contributed by atoms with E-state index >= 15 is 0 Å². The van der Waals surface area contributed by atoms with Crippen molar-refractivity contribution >= 4 is 24.0 Å². The number of halogens is 1. The van der Waals surface area contributed by atoms with Gasteiger partial charge in [-0.1, -0.05) is 18.2 Å². The van der Waals surface area contributed by atoms with Crippen LogP contribution in [0, 0.1) is 19.8 Å². The average molecular weight is 420 g/mol. The Balaban J connectivity index is 0.00000300. The highest BCUT2D eigenvalue weighted by atomic mass is 35.5. The molecule has 29 heavy (non-hydrogen) atoms. The van der Waals surface area contributed by atoms with E-state index in [2.05, 4.69) is 20.6 Å². The van der Waals surface area contributed by atoms with Gasteiger partial charge in [0.1, 0.15) is 0 Å². The Morgan fingerprint density at radius 1 is 1.21 bits per heavy atom. The van der Waals surface area contributed by atoms with Crippen molar-refractivity contribution in [2.75, 3.05) is 32.0 Å². The summed E-state index contributed by atoms with van der Waals surface area (Å²) in [6.45, 7) is 9.01. The molecular weight excluding hydrogens is 386 g/mol. The number of amides is 1. The summed E-state index contributed by atoms with van der Waals surface area (Å²) in [7, 11) is 2.01. The molecular formula is C22H34ClN5O. The Bertz CT molecular complexity index is 784. The molecule has 1 unspecified atom stereocenters. The first-order valence-corrected chi connectivity index (χ1v) is 10.3. The molecule has 0 aliphatic carbocycles. The van der Waals surface area contributed by atoms with Crippen molar-refractivity contribution in [1.82, 2.24) is 20.0 Å². The topological polar surface area (TPSA) is 62.2 Å². The first-order chi connectivity index (χ1) is 13.5. The smallest absolute Gasteiger partial charge is 0.241 e. The van der Waals surface area contributed by atoms with Crippen molar-refractivity contribution in [1.29, 1.82) is 0 Å². The van der Waals surface area contributed by atoms with Crippen LogP contribution in [0.5, 0.6) is 0 Å². The molecule has 2 N–H and O–H groups in total. The predicted molar refractivity (Wildman–Crippen MR) is 121 cm³/mol. The maximum atomic E-state index is 12.9. The van der Waals surface area contributed by atoms with E-state index in [4.69, 9.17) is 0 Å². The van der Waals surface area contributed by atoms with Gasteiger partial charge < -0.3 is 10.6 Å². The summed E-state index contributed by atoms with van der Waals surface area (Å²) in [6, 6.07) is 9.88. The molecule has 1 aromatic carbocycles. The summed E-state index contributed by atoms with van der Waals surface area (Å²) >= 11 is 0. The average Bonchev–Trinajstić information content (AvgIpc) is 3.01. The summed E-state index contributed by atoms with van der Waals surface area (Å²) < 4.78 is 1.89. The highest BCUT2D eigenvalue weighted by molar-refractivity contribution is 5.95. The number of aromatic nitrogens is 2. The number of aryl methyl sites for hydroxylation is 1. The van der Waals surface area contributed by atoms with Crippen molar-refractivity contribution in [2.24, 2.45) is 5.92 Å². The van der Waals surface area contributed by atoms with Crippen molar-refractivity contribution < 1.29 is 4.79 Å². The van der Waals surface area contributed by atoms with E-state index < -0.39 is 0 Å². The van der Waals surface area contributed by atoms with Crippen LogP contribution in [-0.4, -0.2) is 53.3 Å². The molecule has 0 spiro atoms. The number of carbonyl (C=O) groups excluding carboxylic acids is 1. The normalized spacial score (nSPS) is 16.3. The van der Waals surface area contributed by atoms with Crippen LogP contribution >= 0.6 is 12.4 Å². The molecule has 3 rings (SSSR count). The Kier molecular flexibility index (Phi) is 8.68. The standard InChI is InChI=1S/C22H33N5O.ClH/c1-16-21(17(2)27(25-16)20-8-6-5-7-9-20)24-22(28)18(3)26-14-11-19(12-15-26)10-13-23-4;/h5-9,18-19,23H,10-15H2,1-4H3,(H,24,28);1H. The number of nitrogens with one attached hydrogen (secondary N) is 2. The first-order valence-electron chi connectivity index (χ1n) is 10.3. The molecule has 1 fully saturated rings. The number of carbonyl (C=O) groups is 1. The summed E-state index contributed by atoms with van der Waals surface area (Å²) in [5.74, 6) is 0.819. The Hall–Kier alpha value is -1.89.